The van der Waals surface area contributed by atoms with Gasteiger partial charge in [-0.1, -0.05) is 266 Å². The Labute approximate surface area is 482 Å². The van der Waals surface area contributed by atoms with Crippen molar-refractivity contribution in [2.24, 2.45) is 0 Å². The van der Waals surface area contributed by atoms with Crippen LogP contribution in [0.25, 0.3) is 153 Å². The van der Waals surface area contributed by atoms with Crippen LogP contribution in [0.15, 0.2) is 295 Å². The smallest absolute Gasteiger partial charge is 0.143 e. The molecule has 0 spiro atoms. The van der Waals surface area contributed by atoms with Gasteiger partial charge in [-0.3, -0.25) is 0 Å². The molecule has 0 aliphatic heterocycles. The molecule has 0 fully saturated rings. The minimum Gasteiger partial charge on any atom is -0.455 e. The number of rotatable bonds is 5. The molecule has 0 aliphatic rings. The van der Waals surface area contributed by atoms with E-state index in [1.54, 1.807) is 0 Å². The van der Waals surface area contributed by atoms with Crippen molar-refractivity contribution in [2.45, 2.75) is 0 Å². The van der Waals surface area contributed by atoms with Gasteiger partial charge in [-0.25, -0.2) is 0 Å². The van der Waals surface area contributed by atoms with Crippen molar-refractivity contribution in [3.8, 4) is 55.6 Å². The fraction of sp³-hybridized carbons (Fsp3) is 0. The largest absolute Gasteiger partial charge is 0.455 e. The van der Waals surface area contributed by atoms with Crippen molar-refractivity contribution < 1.29 is 40.1 Å². The van der Waals surface area contributed by atoms with Gasteiger partial charge < -0.3 is 4.42 Å². The van der Waals surface area contributed by atoms with Gasteiger partial charge in [-0.05, 0) is 150 Å². The summed E-state index contributed by atoms with van der Waals surface area (Å²) in [6, 6.07) is 23.4. The van der Waals surface area contributed by atoms with Crippen LogP contribution in [0, 0.1) is 0 Å². The van der Waals surface area contributed by atoms with Crippen LogP contribution in [0.4, 0.5) is 0 Å². The van der Waals surface area contributed by atoms with E-state index < -0.39 is 234 Å². The maximum Gasteiger partial charge on any atom is 0.143 e. The molecular formula is C76H48O. The molecule has 0 aliphatic carbocycles. The predicted octanol–water partition coefficient (Wildman–Crippen LogP) is 21.7. The van der Waals surface area contributed by atoms with Crippen molar-refractivity contribution in [1.29, 1.82) is 0 Å². The zero-order valence-corrected chi connectivity index (χ0v) is 40.1. The molecule has 77 heavy (non-hydrogen) atoms. The summed E-state index contributed by atoms with van der Waals surface area (Å²) in [4.78, 5) is 0. The highest BCUT2D eigenvalue weighted by Gasteiger charge is 2.22. The molecule has 1 heteroatoms. The highest BCUT2D eigenvalue weighted by atomic mass is 16.3. The van der Waals surface area contributed by atoms with E-state index in [1.165, 1.54) is 54.6 Å². The second kappa shape index (κ2) is 18.4. The van der Waals surface area contributed by atoms with E-state index in [1.807, 2.05) is 0 Å². The van der Waals surface area contributed by atoms with Gasteiger partial charge >= 0.3 is 0 Å². The lowest BCUT2D eigenvalue weighted by molar-refractivity contribution is 0.673. The maximum atomic E-state index is 9.70. The van der Waals surface area contributed by atoms with Gasteiger partial charge in [0.2, 0.25) is 0 Å². The van der Waals surface area contributed by atoms with Crippen molar-refractivity contribution in [3.63, 3.8) is 0 Å². The molecule has 0 amide bonds. The molecule has 1 heterocycles. The van der Waals surface area contributed by atoms with Crippen LogP contribution < -0.4 is 0 Å². The molecule has 15 aromatic carbocycles. The fourth-order valence-corrected chi connectivity index (χ4v) is 10.7. The average Bonchev–Trinajstić information content (AvgIpc) is 1.20. The first-order valence-corrected chi connectivity index (χ1v) is 24.5. The summed E-state index contributed by atoms with van der Waals surface area (Å²) < 4.78 is 238. The topological polar surface area (TPSA) is 13.1 Å². The first kappa shape index (κ1) is 25.4. The standard InChI is InChI=1S/C40H26.C36H22O/c1-2-13-29-25-31(24-23-27(29)11-1)30-15-9-16-32(26-30)39-35-18-5-7-20-37(35)40(38-21-8-6-19-36(38)39)34-22-10-14-28-12-3-4-17-33(28)34;1-2-12-24(13-3-1)33-26-15-6-8-17-28(26)34(29-18-9-7-16-27(29)33)30-19-10-20-32-35(30)31-22-21-23-11-4-5-14-25(23)36(31)37-32/h1-26H;1-22H/i1D,2D,3D,4D,5D,6D,7D,8D,9D,10D,11D,12D,13D,14D,15D,16D,17D,18D,19D,20D,21D,22D,23D,24D,25D,26D;. The highest BCUT2D eigenvalue weighted by molar-refractivity contribution is 6.27. The molecule has 358 valence electrons. The van der Waals surface area contributed by atoms with Crippen molar-refractivity contribution in [2.75, 3.05) is 0 Å². The molecule has 0 radical (unpaired) electrons. The van der Waals surface area contributed by atoms with E-state index in [0.29, 0.717) is 0 Å². The molecule has 16 aromatic rings. The van der Waals surface area contributed by atoms with Gasteiger partial charge in [0.25, 0.3) is 0 Å². The van der Waals surface area contributed by atoms with Crippen LogP contribution in [0.1, 0.15) is 35.6 Å². The van der Waals surface area contributed by atoms with Gasteiger partial charge in [0.05, 0.1) is 35.6 Å². The van der Waals surface area contributed by atoms with Crippen LogP contribution in [-0.4, -0.2) is 0 Å². The Morgan fingerprint density at radius 2 is 0.766 bits per heavy atom. The van der Waals surface area contributed by atoms with E-state index in [2.05, 4.69) is 133 Å². The van der Waals surface area contributed by atoms with Crippen LogP contribution >= 0.6 is 0 Å². The summed E-state index contributed by atoms with van der Waals surface area (Å²) in [6.45, 7) is 0. The molecule has 16 rings (SSSR count). The number of furan rings is 1. The van der Waals surface area contributed by atoms with E-state index in [-0.39, 0.29) is 0 Å². The van der Waals surface area contributed by atoms with Gasteiger partial charge in [-0.15, -0.1) is 0 Å². The number of benzene rings is 15. The molecule has 0 atom stereocenters. The monoisotopic (exact) mass is 1000 g/mol. The minimum absolute atomic E-state index is 0.554. The van der Waals surface area contributed by atoms with E-state index in [4.69, 9.17) is 29.1 Å². The van der Waals surface area contributed by atoms with E-state index >= 15 is 0 Å². The van der Waals surface area contributed by atoms with Crippen LogP contribution in [0.2, 0.25) is 0 Å². The lowest BCUT2D eigenvalue weighted by Crippen LogP contribution is -1.92. The lowest BCUT2D eigenvalue weighted by atomic mass is 9.84. The minimum atomic E-state index is -1.07. The van der Waals surface area contributed by atoms with E-state index in [0.717, 1.165) is 21.9 Å². The Morgan fingerprint density at radius 3 is 1.48 bits per heavy atom. The quantitative estimate of drug-likeness (QED) is 0.157. The first-order chi connectivity index (χ1) is 49.1. The predicted molar refractivity (Wildman–Crippen MR) is 330 cm³/mol. The summed E-state index contributed by atoms with van der Waals surface area (Å²) in [5.41, 5.74) is 2.17. The first-order valence-electron chi connectivity index (χ1n) is 37.5. The molecule has 0 bridgehead atoms. The zero-order chi connectivity index (χ0) is 73.4. The fourth-order valence-electron chi connectivity index (χ4n) is 10.7. The number of fused-ring (bicyclic) bond motifs is 11. The van der Waals surface area contributed by atoms with E-state index in [9.17, 15) is 11.0 Å². The van der Waals surface area contributed by atoms with Gasteiger partial charge in [-0.2, -0.15) is 0 Å². The Kier molecular flexibility index (Phi) is 6.07. The van der Waals surface area contributed by atoms with Crippen molar-refractivity contribution in [1.82, 2.24) is 0 Å². The SMILES string of the molecule is [2H]c1c([2H])c(-c2c([2H])c([2H])c3c([2H])c([2H])c([2H])c([2H])c3c2[2H])c([2H])c(-c2c3c([2H])c([2H])c([2H])c([2H])c3c(-c3c([2H])c([2H])c([2H])c4c([2H])c([2H])c([2H])c([2H])c34)c3c([2H])c([2H])c([2H])c([2H])c23)c1[2H].c1ccc(-c2c3ccccc3c(-c3cccc4oc5c6ccccc6ccc5c34)c3ccccc23)cc1. The molecule has 0 saturated carbocycles. The summed E-state index contributed by atoms with van der Waals surface area (Å²) in [5.74, 6) is 0. The maximum absolute atomic E-state index is 9.70. The van der Waals surface area contributed by atoms with Gasteiger partial charge in [0.15, 0.2) is 0 Å². The third-order valence-corrected chi connectivity index (χ3v) is 14.0. The molecule has 0 unspecified atom stereocenters. The second-order valence-electron chi connectivity index (χ2n) is 18.2. The summed E-state index contributed by atoms with van der Waals surface area (Å²) in [5, 5.41) is 4.33. The van der Waals surface area contributed by atoms with Crippen LogP contribution in [-0.2, 0) is 0 Å². The highest BCUT2D eigenvalue weighted by Crippen LogP contribution is 2.49. The summed E-state index contributed by atoms with van der Waals surface area (Å²) in [7, 11) is 0. The van der Waals surface area contributed by atoms with Crippen LogP contribution in [0.3, 0.4) is 0 Å². The van der Waals surface area contributed by atoms with Crippen molar-refractivity contribution in [3.05, 3.63) is 291 Å². The Hall–Kier alpha value is -10.1. The third kappa shape index (κ3) is 7.39. The zero-order valence-electron chi connectivity index (χ0n) is 66.1. The number of hydrogen-bond acceptors (Lipinski definition) is 1. The average molecular weight is 1000 g/mol. The summed E-state index contributed by atoms with van der Waals surface area (Å²) in [6.07, 6.45) is 0. The molecule has 1 aromatic heterocycles. The third-order valence-electron chi connectivity index (χ3n) is 14.0. The molecular weight excluding hydrogens is 929 g/mol. The normalized spacial score (nSPS) is 16.4. The Bertz CT molecular complexity index is 6420. The molecule has 0 N–H and O–H groups in total. The summed E-state index contributed by atoms with van der Waals surface area (Å²) >= 11 is 0. The number of hydrogen-bond donors (Lipinski definition) is 0. The molecule has 1 nitrogen and oxygen atoms in total. The van der Waals surface area contributed by atoms with Crippen LogP contribution in [0.5, 0.6) is 0 Å². The second-order valence-corrected chi connectivity index (χ2v) is 18.2. The Morgan fingerprint density at radius 1 is 0.247 bits per heavy atom. The Balaban J connectivity index is 0.000000193. The lowest BCUT2D eigenvalue weighted by Gasteiger charge is -2.19. The van der Waals surface area contributed by atoms with Gasteiger partial charge in [0.1, 0.15) is 11.2 Å². The molecule has 0 saturated heterocycles. The van der Waals surface area contributed by atoms with Gasteiger partial charge in [0, 0.05) is 16.2 Å². The van der Waals surface area contributed by atoms with Crippen molar-refractivity contribution >= 4 is 97.3 Å².